The van der Waals surface area contributed by atoms with Crippen LogP contribution in [0.3, 0.4) is 0 Å². The molecule has 5 nitrogen and oxygen atoms in total. The maximum atomic E-state index is 12.7. The molecule has 4 rings (SSSR count). The van der Waals surface area contributed by atoms with Crippen molar-refractivity contribution < 1.29 is 4.79 Å². The summed E-state index contributed by atoms with van der Waals surface area (Å²) in [7, 11) is 1.81. The van der Waals surface area contributed by atoms with Gasteiger partial charge in [-0.25, -0.2) is 4.98 Å². The van der Waals surface area contributed by atoms with Gasteiger partial charge in [-0.3, -0.25) is 4.79 Å². The first-order valence-electron chi connectivity index (χ1n) is 7.44. The molecule has 1 amide bonds. The van der Waals surface area contributed by atoms with E-state index in [0.29, 0.717) is 12.1 Å². The summed E-state index contributed by atoms with van der Waals surface area (Å²) in [5.41, 5.74) is 4.34. The van der Waals surface area contributed by atoms with Gasteiger partial charge in [-0.2, -0.15) is 8.75 Å². The van der Waals surface area contributed by atoms with Crippen molar-refractivity contribution in [3.63, 3.8) is 0 Å². The second kappa shape index (κ2) is 5.92. The average Bonchev–Trinajstić information content (AvgIpc) is 3.17. The van der Waals surface area contributed by atoms with E-state index in [1.165, 1.54) is 11.7 Å². The van der Waals surface area contributed by atoms with Gasteiger partial charge < -0.3 is 4.90 Å². The molecule has 0 unspecified atom stereocenters. The number of nitrogens with zero attached hydrogens (tertiary/aromatic N) is 4. The number of benzene rings is 2. The van der Waals surface area contributed by atoms with E-state index in [1.54, 1.807) is 16.2 Å². The first-order valence-corrected chi connectivity index (χ1v) is 8.99. The van der Waals surface area contributed by atoms with Crippen LogP contribution in [-0.2, 0) is 6.54 Å². The molecular weight excluding hydrogens is 340 g/mol. The quantitative estimate of drug-likeness (QED) is 0.560. The standard InChI is InChI=1S/C17H14N4OS2/c1-10-18-15-8-12(4-6-16(15)23-10)17(22)21(2)9-11-3-5-13-14(7-11)20-24-19-13/h3-8H,9H2,1-2H3. The Balaban J connectivity index is 1.57. The van der Waals surface area contributed by atoms with Gasteiger partial charge in [0.2, 0.25) is 0 Å². The van der Waals surface area contributed by atoms with Crippen LogP contribution >= 0.6 is 23.1 Å². The summed E-state index contributed by atoms with van der Waals surface area (Å²) in [5.74, 6) is -0.0148. The molecule has 0 saturated heterocycles. The lowest BCUT2D eigenvalue weighted by atomic mass is 10.1. The summed E-state index contributed by atoms with van der Waals surface area (Å²) in [5, 5.41) is 1.01. The fourth-order valence-electron chi connectivity index (χ4n) is 2.67. The minimum absolute atomic E-state index is 0.0148. The number of aromatic nitrogens is 3. The van der Waals surface area contributed by atoms with Crippen molar-refractivity contribution in [2.45, 2.75) is 13.5 Å². The first kappa shape index (κ1) is 15.2. The van der Waals surface area contributed by atoms with E-state index in [9.17, 15) is 4.79 Å². The Kier molecular flexibility index (Phi) is 3.74. The van der Waals surface area contributed by atoms with Crippen molar-refractivity contribution >= 4 is 50.2 Å². The summed E-state index contributed by atoms with van der Waals surface area (Å²) >= 11 is 2.84. The number of hydrogen-bond acceptors (Lipinski definition) is 6. The lowest BCUT2D eigenvalue weighted by molar-refractivity contribution is 0.0785. The lowest BCUT2D eigenvalue weighted by Gasteiger charge is -2.17. The van der Waals surface area contributed by atoms with Crippen LogP contribution in [-0.4, -0.2) is 31.6 Å². The van der Waals surface area contributed by atoms with Crippen LogP contribution in [0.1, 0.15) is 20.9 Å². The summed E-state index contributed by atoms with van der Waals surface area (Å²) in [6.45, 7) is 2.50. The monoisotopic (exact) mass is 354 g/mol. The van der Waals surface area contributed by atoms with E-state index in [4.69, 9.17) is 0 Å². The zero-order chi connectivity index (χ0) is 16.7. The zero-order valence-electron chi connectivity index (χ0n) is 13.2. The van der Waals surface area contributed by atoms with Crippen molar-refractivity contribution in [2.24, 2.45) is 0 Å². The van der Waals surface area contributed by atoms with E-state index in [-0.39, 0.29) is 5.91 Å². The van der Waals surface area contributed by atoms with E-state index in [2.05, 4.69) is 13.7 Å². The van der Waals surface area contributed by atoms with Gasteiger partial charge in [-0.15, -0.1) is 11.3 Å². The third kappa shape index (κ3) is 2.76. The molecule has 0 radical (unpaired) electrons. The molecule has 2 aromatic carbocycles. The van der Waals surface area contributed by atoms with Gasteiger partial charge in [0, 0.05) is 19.2 Å². The molecule has 0 aliphatic rings. The highest BCUT2D eigenvalue weighted by Crippen LogP contribution is 2.23. The third-order valence-corrected chi connectivity index (χ3v) is 5.33. The van der Waals surface area contributed by atoms with Gasteiger partial charge >= 0.3 is 0 Å². The van der Waals surface area contributed by atoms with Crippen LogP contribution in [0, 0.1) is 6.92 Å². The van der Waals surface area contributed by atoms with E-state index >= 15 is 0 Å². The number of aryl methyl sites for hydroxylation is 1. The Hall–Kier alpha value is -2.38. The zero-order valence-corrected chi connectivity index (χ0v) is 14.8. The fraction of sp³-hybridized carbons (Fsp3) is 0.176. The van der Waals surface area contributed by atoms with Gasteiger partial charge in [0.15, 0.2) is 0 Å². The Labute approximate surface area is 146 Å². The van der Waals surface area contributed by atoms with Crippen molar-refractivity contribution in [1.82, 2.24) is 18.6 Å². The van der Waals surface area contributed by atoms with Crippen molar-refractivity contribution in [1.29, 1.82) is 0 Å². The summed E-state index contributed by atoms with van der Waals surface area (Å²) in [6.07, 6.45) is 0. The van der Waals surface area contributed by atoms with Crippen LogP contribution in [0.2, 0.25) is 0 Å². The Morgan fingerprint density at radius 3 is 2.79 bits per heavy atom. The largest absolute Gasteiger partial charge is 0.337 e. The highest BCUT2D eigenvalue weighted by molar-refractivity contribution is 7.18. The van der Waals surface area contributed by atoms with Crippen LogP contribution in [0.15, 0.2) is 36.4 Å². The predicted molar refractivity (Wildman–Crippen MR) is 97.6 cm³/mol. The van der Waals surface area contributed by atoms with E-state index < -0.39 is 0 Å². The normalized spacial score (nSPS) is 11.2. The van der Waals surface area contributed by atoms with Crippen LogP contribution in [0.25, 0.3) is 21.3 Å². The minimum atomic E-state index is -0.0148. The molecule has 0 aliphatic heterocycles. The smallest absolute Gasteiger partial charge is 0.253 e. The summed E-state index contributed by atoms with van der Waals surface area (Å²) in [6, 6.07) is 11.6. The molecule has 7 heteroatoms. The molecule has 0 N–H and O–H groups in total. The van der Waals surface area contributed by atoms with E-state index in [1.807, 2.05) is 50.4 Å². The van der Waals surface area contributed by atoms with E-state index in [0.717, 1.165) is 31.8 Å². The Morgan fingerprint density at radius 1 is 1.08 bits per heavy atom. The Morgan fingerprint density at radius 2 is 1.92 bits per heavy atom. The van der Waals surface area contributed by atoms with Gasteiger partial charge in [0.1, 0.15) is 11.0 Å². The molecule has 0 atom stereocenters. The minimum Gasteiger partial charge on any atom is -0.337 e. The van der Waals surface area contributed by atoms with Gasteiger partial charge in [-0.1, -0.05) is 6.07 Å². The Bertz CT molecular complexity index is 1050. The van der Waals surface area contributed by atoms with Crippen LogP contribution in [0.5, 0.6) is 0 Å². The van der Waals surface area contributed by atoms with Crippen molar-refractivity contribution in [2.75, 3.05) is 7.05 Å². The SMILES string of the molecule is Cc1nc2cc(C(=O)N(C)Cc3ccc4nsnc4c3)ccc2s1. The van der Waals surface area contributed by atoms with Crippen molar-refractivity contribution in [3.05, 3.63) is 52.5 Å². The molecule has 0 fully saturated rings. The third-order valence-electron chi connectivity index (χ3n) is 3.83. The highest BCUT2D eigenvalue weighted by atomic mass is 32.1. The molecule has 0 spiro atoms. The summed E-state index contributed by atoms with van der Waals surface area (Å²) in [4.78, 5) is 18.9. The van der Waals surface area contributed by atoms with Crippen molar-refractivity contribution in [3.8, 4) is 0 Å². The lowest BCUT2D eigenvalue weighted by Crippen LogP contribution is -2.26. The number of hydrogen-bond donors (Lipinski definition) is 0. The van der Waals surface area contributed by atoms with Crippen LogP contribution in [0.4, 0.5) is 0 Å². The topological polar surface area (TPSA) is 59.0 Å². The molecule has 24 heavy (non-hydrogen) atoms. The van der Waals surface area contributed by atoms with Gasteiger partial charge in [-0.05, 0) is 42.8 Å². The summed E-state index contributed by atoms with van der Waals surface area (Å²) < 4.78 is 9.55. The molecule has 0 saturated carbocycles. The number of carbonyl (C=O) groups is 1. The number of thiazole rings is 1. The average molecular weight is 354 g/mol. The van der Waals surface area contributed by atoms with Crippen LogP contribution < -0.4 is 0 Å². The highest BCUT2D eigenvalue weighted by Gasteiger charge is 2.14. The second-order valence-corrected chi connectivity index (χ2v) is 7.43. The maximum Gasteiger partial charge on any atom is 0.253 e. The molecule has 2 aromatic heterocycles. The first-order chi connectivity index (χ1) is 11.6. The number of amides is 1. The fourth-order valence-corrected chi connectivity index (χ4v) is 3.99. The predicted octanol–water partition coefficient (Wildman–Crippen LogP) is 3.88. The molecular formula is C17H14N4OS2. The number of carbonyl (C=O) groups excluding carboxylic acids is 1. The number of fused-ring (bicyclic) bond motifs is 2. The second-order valence-electron chi connectivity index (χ2n) is 5.66. The maximum absolute atomic E-state index is 12.7. The number of rotatable bonds is 3. The molecule has 0 aliphatic carbocycles. The van der Waals surface area contributed by atoms with Gasteiger partial charge in [0.25, 0.3) is 5.91 Å². The molecule has 2 heterocycles. The molecule has 120 valence electrons. The molecule has 0 bridgehead atoms. The molecule has 4 aromatic rings. The van der Waals surface area contributed by atoms with Gasteiger partial charge in [0.05, 0.1) is 27.0 Å².